The number of hydrogen-bond acceptors (Lipinski definition) is 3. The molecule has 0 aliphatic rings. The van der Waals surface area contributed by atoms with Gasteiger partial charge in [0.15, 0.2) is 6.61 Å². The average Bonchev–Trinajstić information content (AvgIpc) is 2.52. The third kappa shape index (κ3) is 3.97. The van der Waals surface area contributed by atoms with E-state index in [1.54, 1.807) is 14.0 Å². The van der Waals surface area contributed by atoms with Gasteiger partial charge in [0.25, 0.3) is 5.91 Å². The highest BCUT2D eigenvalue weighted by Gasteiger charge is 2.17. The maximum atomic E-state index is 11.9. The van der Waals surface area contributed by atoms with Crippen molar-refractivity contribution in [1.29, 1.82) is 0 Å². The van der Waals surface area contributed by atoms with Crippen molar-refractivity contribution < 1.29 is 19.4 Å². The molecule has 0 aromatic heterocycles. The summed E-state index contributed by atoms with van der Waals surface area (Å²) in [7, 11) is 1.57. The standard InChI is InChI=1S/C17H19NO4/c1-12(17(20)21)10-18(2)16(19)11-22-15-8-7-13-5-3-4-6-14(13)9-15/h3-9,12H,10-11H2,1-2H3,(H,20,21). The summed E-state index contributed by atoms with van der Waals surface area (Å²) in [6.07, 6.45) is 0. The van der Waals surface area contributed by atoms with E-state index >= 15 is 0 Å². The Hall–Kier alpha value is -2.56. The Kier molecular flexibility index (Phi) is 4.99. The van der Waals surface area contributed by atoms with Gasteiger partial charge in [0, 0.05) is 13.6 Å². The average molecular weight is 301 g/mol. The number of ether oxygens (including phenoxy) is 1. The van der Waals surface area contributed by atoms with Crippen molar-refractivity contribution in [2.45, 2.75) is 6.92 Å². The lowest BCUT2D eigenvalue weighted by atomic mass is 10.1. The largest absolute Gasteiger partial charge is 0.484 e. The smallest absolute Gasteiger partial charge is 0.308 e. The lowest BCUT2D eigenvalue weighted by Gasteiger charge is -2.19. The highest BCUT2D eigenvalue weighted by molar-refractivity contribution is 5.84. The van der Waals surface area contributed by atoms with Crippen LogP contribution in [0.5, 0.6) is 5.75 Å². The monoisotopic (exact) mass is 301 g/mol. The molecule has 5 heteroatoms. The Balaban J connectivity index is 1.93. The summed E-state index contributed by atoms with van der Waals surface area (Å²) in [4.78, 5) is 24.1. The first-order valence-electron chi connectivity index (χ1n) is 7.05. The number of carbonyl (C=O) groups excluding carboxylic acids is 1. The van der Waals surface area contributed by atoms with E-state index in [1.807, 2.05) is 42.5 Å². The van der Waals surface area contributed by atoms with Crippen molar-refractivity contribution in [3.05, 3.63) is 42.5 Å². The Morgan fingerprint density at radius 3 is 2.55 bits per heavy atom. The second-order valence-electron chi connectivity index (χ2n) is 5.31. The van der Waals surface area contributed by atoms with E-state index in [0.29, 0.717) is 5.75 Å². The van der Waals surface area contributed by atoms with Gasteiger partial charge in [0.1, 0.15) is 5.75 Å². The highest BCUT2D eigenvalue weighted by Crippen LogP contribution is 2.20. The first kappa shape index (κ1) is 15.8. The van der Waals surface area contributed by atoms with Gasteiger partial charge in [-0.25, -0.2) is 0 Å². The van der Waals surface area contributed by atoms with Crippen molar-refractivity contribution >= 4 is 22.6 Å². The zero-order valence-electron chi connectivity index (χ0n) is 12.7. The van der Waals surface area contributed by atoms with Crippen LogP contribution in [-0.2, 0) is 9.59 Å². The molecule has 1 amide bonds. The molecule has 2 aromatic carbocycles. The van der Waals surface area contributed by atoms with E-state index in [-0.39, 0.29) is 19.1 Å². The van der Waals surface area contributed by atoms with Crippen LogP contribution in [-0.4, -0.2) is 42.1 Å². The molecule has 2 aromatic rings. The number of carboxylic acid groups (broad SMARTS) is 1. The summed E-state index contributed by atoms with van der Waals surface area (Å²) in [5, 5.41) is 11.0. The van der Waals surface area contributed by atoms with Gasteiger partial charge in [-0.3, -0.25) is 9.59 Å². The van der Waals surface area contributed by atoms with E-state index in [0.717, 1.165) is 10.8 Å². The van der Waals surface area contributed by atoms with Crippen LogP contribution in [0.25, 0.3) is 10.8 Å². The number of hydrogen-bond donors (Lipinski definition) is 1. The van der Waals surface area contributed by atoms with E-state index in [1.165, 1.54) is 4.90 Å². The first-order valence-corrected chi connectivity index (χ1v) is 7.05. The minimum atomic E-state index is -0.921. The van der Waals surface area contributed by atoms with Gasteiger partial charge in [-0.15, -0.1) is 0 Å². The number of likely N-dealkylation sites (N-methyl/N-ethyl adjacent to an activating group) is 1. The van der Waals surface area contributed by atoms with Gasteiger partial charge in [0.2, 0.25) is 0 Å². The van der Waals surface area contributed by atoms with Crippen LogP contribution in [0.1, 0.15) is 6.92 Å². The minimum Gasteiger partial charge on any atom is -0.484 e. The van der Waals surface area contributed by atoms with Gasteiger partial charge in [-0.1, -0.05) is 37.3 Å². The number of amides is 1. The van der Waals surface area contributed by atoms with Gasteiger partial charge in [-0.2, -0.15) is 0 Å². The Morgan fingerprint density at radius 2 is 1.86 bits per heavy atom. The molecular weight excluding hydrogens is 282 g/mol. The van der Waals surface area contributed by atoms with E-state index in [9.17, 15) is 9.59 Å². The van der Waals surface area contributed by atoms with E-state index < -0.39 is 11.9 Å². The van der Waals surface area contributed by atoms with E-state index in [4.69, 9.17) is 9.84 Å². The second kappa shape index (κ2) is 6.93. The number of carbonyl (C=O) groups is 2. The van der Waals surface area contributed by atoms with Crippen LogP contribution < -0.4 is 4.74 Å². The second-order valence-corrected chi connectivity index (χ2v) is 5.31. The molecule has 0 spiro atoms. The van der Waals surface area contributed by atoms with Crippen molar-refractivity contribution in [2.75, 3.05) is 20.2 Å². The molecule has 0 fully saturated rings. The molecule has 22 heavy (non-hydrogen) atoms. The number of carboxylic acids is 1. The molecule has 5 nitrogen and oxygen atoms in total. The third-order valence-electron chi connectivity index (χ3n) is 3.48. The summed E-state index contributed by atoms with van der Waals surface area (Å²) in [6, 6.07) is 13.5. The van der Waals surface area contributed by atoms with Gasteiger partial charge in [0.05, 0.1) is 5.92 Å². The molecule has 2 rings (SSSR count). The number of benzene rings is 2. The third-order valence-corrected chi connectivity index (χ3v) is 3.48. The molecule has 0 bridgehead atoms. The van der Waals surface area contributed by atoms with E-state index in [2.05, 4.69) is 0 Å². The van der Waals surface area contributed by atoms with Crippen LogP contribution in [0.3, 0.4) is 0 Å². The maximum absolute atomic E-state index is 11.9. The molecule has 1 unspecified atom stereocenters. The Labute approximate surface area is 129 Å². The molecule has 0 heterocycles. The van der Waals surface area contributed by atoms with Crippen molar-refractivity contribution in [2.24, 2.45) is 5.92 Å². The van der Waals surface area contributed by atoms with Crippen LogP contribution in [0, 0.1) is 5.92 Å². The summed E-state index contributed by atoms with van der Waals surface area (Å²) in [5.74, 6) is -1.15. The summed E-state index contributed by atoms with van der Waals surface area (Å²) in [6.45, 7) is 1.62. The molecule has 0 saturated carbocycles. The maximum Gasteiger partial charge on any atom is 0.308 e. The molecule has 0 aliphatic carbocycles. The number of rotatable bonds is 6. The zero-order chi connectivity index (χ0) is 16.1. The quantitative estimate of drug-likeness (QED) is 0.889. The summed E-state index contributed by atoms with van der Waals surface area (Å²) < 4.78 is 5.50. The first-order chi connectivity index (χ1) is 10.5. The molecule has 0 aliphatic heterocycles. The van der Waals surface area contributed by atoms with Gasteiger partial charge in [-0.05, 0) is 22.9 Å². The highest BCUT2D eigenvalue weighted by atomic mass is 16.5. The Bertz CT molecular complexity index is 683. The number of nitrogens with zero attached hydrogens (tertiary/aromatic N) is 1. The molecular formula is C17H19NO4. The molecule has 1 N–H and O–H groups in total. The normalized spacial score (nSPS) is 11.9. The lowest BCUT2D eigenvalue weighted by Crippen LogP contribution is -2.36. The number of fused-ring (bicyclic) bond motifs is 1. The van der Waals surface area contributed by atoms with Crippen LogP contribution in [0.15, 0.2) is 42.5 Å². The lowest BCUT2D eigenvalue weighted by molar-refractivity contribution is -0.143. The summed E-state index contributed by atoms with van der Waals surface area (Å²) in [5.41, 5.74) is 0. The topological polar surface area (TPSA) is 66.8 Å². The van der Waals surface area contributed by atoms with Crippen molar-refractivity contribution in [1.82, 2.24) is 4.90 Å². The van der Waals surface area contributed by atoms with Crippen LogP contribution in [0.4, 0.5) is 0 Å². The molecule has 116 valence electrons. The zero-order valence-corrected chi connectivity index (χ0v) is 12.7. The molecule has 0 radical (unpaired) electrons. The molecule has 1 atom stereocenters. The Morgan fingerprint density at radius 1 is 1.18 bits per heavy atom. The SMILES string of the molecule is CC(CN(C)C(=O)COc1ccc2ccccc2c1)C(=O)O. The van der Waals surface area contributed by atoms with Crippen molar-refractivity contribution in [3.63, 3.8) is 0 Å². The number of aliphatic carboxylic acids is 1. The van der Waals surface area contributed by atoms with Crippen LogP contribution in [0.2, 0.25) is 0 Å². The van der Waals surface area contributed by atoms with Crippen molar-refractivity contribution in [3.8, 4) is 5.75 Å². The fraction of sp³-hybridized carbons (Fsp3) is 0.294. The predicted molar refractivity (Wildman–Crippen MR) is 83.9 cm³/mol. The predicted octanol–water partition coefficient (Wildman–Crippen LogP) is 2.40. The molecule has 0 saturated heterocycles. The fourth-order valence-electron chi connectivity index (χ4n) is 2.10. The minimum absolute atomic E-state index is 0.110. The van der Waals surface area contributed by atoms with Crippen LogP contribution >= 0.6 is 0 Å². The van der Waals surface area contributed by atoms with Gasteiger partial charge >= 0.3 is 5.97 Å². The summed E-state index contributed by atoms with van der Waals surface area (Å²) >= 11 is 0. The fourth-order valence-corrected chi connectivity index (χ4v) is 2.10. The van der Waals surface area contributed by atoms with Gasteiger partial charge < -0.3 is 14.7 Å².